The second-order valence-corrected chi connectivity index (χ2v) is 5.80. The molecule has 1 aliphatic rings. The van der Waals surface area contributed by atoms with Crippen LogP contribution in [-0.2, 0) is 9.59 Å². The number of hydrogen-bond donors (Lipinski definition) is 3. The highest BCUT2D eigenvalue weighted by atomic mass is 16.4. The average molecular weight is 256 g/mol. The Bertz CT molecular complexity index is 345. The van der Waals surface area contributed by atoms with Crippen molar-refractivity contribution >= 4 is 11.9 Å². The summed E-state index contributed by atoms with van der Waals surface area (Å²) in [6.07, 6.45) is 3.58. The van der Waals surface area contributed by atoms with Crippen molar-refractivity contribution < 1.29 is 14.7 Å². The van der Waals surface area contributed by atoms with Gasteiger partial charge in [0, 0.05) is 0 Å². The molecule has 0 spiro atoms. The lowest BCUT2D eigenvalue weighted by Crippen LogP contribution is -2.62. The number of rotatable bonds is 4. The topological polar surface area (TPSA) is 92.4 Å². The molecule has 1 fully saturated rings. The van der Waals surface area contributed by atoms with Gasteiger partial charge in [-0.15, -0.1) is 0 Å². The van der Waals surface area contributed by atoms with Crippen LogP contribution in [0.15, 0.2) is 0 Å². The van der Waals surface area contributed by atoms with E-state index in [0.29, 0.717) is 25.2 Å². The minimum atomic E-state index is -1.23. The van der Waals surface area contributed by atoms with Crippen LogP contribution in [0.25, 0.3) is 0 Å². The van der Waals surface area contributed by atoms with Gasteiger partial charge in [-0.2, -0.15) is 0 Å². The molecule has 0 aliphatic heterocycles. The van der Waals surface area contributed by atoms with Gasteiger partial charge in [0.25, 0.3) is 0 Å². The molecular formula is C13H24N2O3. The van der Waals surface area contributed by atoms with Gasteiger partial charge in [0.2, 0.25) is 5.91 Å². The summed E-state index contributed by atoms with van der Waals surface area (Å²) in [5.41, 5.74) is 4.00. The molecule has 104 valence electrons. The Balaban J connectivity index is 2.78. The Labute approximate surface area is 108 Å². The van der Waals surface area contributed by atoms with Gasteiger partial charge in [-0.25, -0.2) is 4.79 Å². The first-order valence-corrected chi connectivity index (χ1v) is 6.58. The maximum atomic E-state index is 12.2. The fraction of sp³-hybridized carbons (Fsp3) is 0.846. The summed E-state index contributed by atoms with van der Waals surface area (Å²) < 4.78 is 0. The molecule has 1 rings (SSSR count). The highest BCUT2D eigenvalue weighted by molar-refractivity contribution is 5.91. The Morgan fingerprint density at radius 1 is 1.56 bits per heavy atom. The predicted molar refractivity (Wildman–Crippen MR) is 69.0 cm³/mol. The zero-order chi connectivity index (χ0) is 14.0. The molecule has 0 saturated heterocycles. The normalized spacial score (nSPS) is 31.4. The van der Waals surface area contributed by atoms with E-state index < -0.39 is 17.0 Å². The van der Waals surface area contributed by atoms with E-state index in [2.05, 4.69) is 12.2 Å². The van der Waals surface area contributed by atoms with Gasteiger partial charge in [-0.05, 0) is 32.1 Å². The molecule has 0 heterocycles. The number of carbonyl (C=O) groups excluding carboxylic acids is 1. The monoisotopic (exact) mass is 256 g/mol. The van der Waals surface area contributed by atoms with Gasteiger partial charge >= 0.3 is 5.97 Å². The molecule has 0 aromatic rings. The Morgan fingerprint density at radius 2 is 2.17 bits per heavy atom. The predicted octanol–water partition coefficient (Wildman–Crippen LogP) is 1.26. The van der Waals surface area contributed by atoms with E-state index in [1.165, 1.54) is 6.92 Å². The van der Waals surface area contributed by atoms with Crippen LogP contribution in [0.2, 0.25) is 0 Å². The molecule has 3 atom stereocenters. The number of carbonyl (C=O) groups is 2. The molecule has 0 aromatic carbocycles. The van der Waals surface area contributed by atoms with E-state index in [1.54, 1.807) is 6.92 Å². The summed E-state index contributed by atoms with van der Waals surface area (Å²) in [6.45, 7) is 5.33. The lowest BCUT2D eigenvalue weighted by Gasteiger charge is -2.38. The van der Waals surface area contributed by atoms with Crippen molar-refractivity contribution in [3.63, 3.8) is 0 Å². The van der Waals surface area contributed by atoms with Gasteiger partial charge < -0.3 is 16.2 Å². The maximum Gasteiger partial charge on any atom is 0.329 e. The maximum absolute atomic E-state index is 12.2. The third-order valence-electron chi connectivity index (χ3n) is 4.05. The molecule has 0 aromatic heterocycles. The van der Waals surface area contributed by atoms with Crippen molar-refractivity contribution in [2.75, 3.05) is 0 Å². The van der Waals surface area contributed by atoms with E-state index >= 15 is 0 Å². The molecule has 0 radical (unpaired) electrons. The second kappa shape index (κ2) is 5.26. The zero-order valence-corrected chi connectivity index (χ0v) is 11.5. The quantitative estimate of drug-likeness (QED) is 0.706. The zero-order valence-electron chi connectivity index (χ0n) is 11.5. The summed E-state index contributed by atoms with van der Waals surface area (Å²) >= 11 is 0. The SMILES string of the molecule is CCC(C)(NC(=O)C1(N)CCCC(C)C1)C(=O)O. The molecule has 4 N–H and O–H groups in total. The Kier molecular flexibility index (Phi) is 4.37. The van der Waals surface area contributed by atoms with Gasteiger partial charge in [-0.3, -0.25) is 4.79 Å². The lowest BCUT2D eigenvalue weighted by atomic mass is 9.76. The molecule has 3 unspecified atom stereocenters. The summed E-state index contributed by atoms with van der Waals surface area (Å²) in [5, 5.41) is 11.8. The number of nitrogens with one attached hydrogen (secondary N) is 1. The number of carboxylic acid groups (broad SMARTS) is 1. The first-order chi connectivity index (χ1) is 8.23. The van der Waals surface area contributed by atoms with Crippen molar-refractivity contribution in [3.05, 3.63) is 0 Å². The summed E-state index contributed by atoms with van der Waals surface area (Å²) in [5.74, 6) is -0.946. The molecule has 1 saturated carbocycles. The molecule has 18 heavy (non-hydrogen) atoms. The van der Waals surface area contributed by atoms with Crippen LogP contribution in [0.3, 0.4) is 0 Å². The third kappa shape index (κ3) is 3.02. The number of amides is 1. The summed E-state index contributed by atoms with van der Waals surface area (Å²) in [4.78, 5) is 23.4. The van der Waals surface area contributed by atoms with Crippen molar-refractivity contribution in [2.24, 2.45) is 11.7 Å². The fourth-order valence-electron chi connectivity index (χ4n) is 2.47. The van der Waals surface area contributed by atoms with E-state index in [-0.39, 0.29) is 5.91 Å². The van der Waals surface area contributed by atoms with Crippen LogP contribution in [0.1, 0.15) is 52.9 Å². The number of aliphatic carboxylic acids is 1. The van der Waals surface area contributed by atoms with E-state index in [9.17, 15) is 9.59 Å². The Hall–Kier alpha value is -1.10. The standard InChI is InChI=1S/C13H24N2O3/c1-4-12(3,11(17)18)15-10(16)13(14)7-5-6-9(2)8-13/h9H,4-8,14H2,1-3H3,(H,15,16)(H,17,18). The molecular weight excluding hydrogens is 232 g/mol. The van der Waals surface area contributed by atoms with Gasteiger partial charge in [0.05, 0.1) is 5.54 Å². The first kappa shape index (κ1) is 15.0. The molecule has 1 amide bonds. The van der Waals surface area contributed by atoms with Crippen LogP contribution in [-0.4, -0.2) is 28.1 Å². The highest BCUT2D eigenvalue weighted by Gasteiger charge is 2.42. The van der Waals surface area contributed by atoms with Crippen molar-refractivity contribution in [3.8, 4) is 0 Å². The molecule has 5 heteroatoms. The van der Waals surface area contributed by atoms with E-state index in [4.69, 9.17) is 10.8 Å². The van der Waals surface area contributed by atoms with Crippen LogP contribution in [0.4, 0.5) is 0 Å². The first-order valence-electron chi connectivity index (χ1n) is 6.58. The average Bonchev–Trinajstić information content (AvgIpc) is 2.28. The molecule has 0 bridgehead atoms. The Morgan fingerprint density at radius 3 is 2.61 bits per heavy atom. The van der Waals surface area contributed by atoms with Crippen LogP contribution in [0, 0.1) is 5.92 Å². The van der Waals surface area contributed by atoms with Crippen molar-refractivity contribution in [2.45, 2.75) is 64.0 Å². The van der Waals surface area contributed by atoms with Crippen LogP contribution in [0.5, 0.6) is 0 Å². The summed E-state index contributed by atoms with van der Waals surface area (Å²) in [6, 6.07) is 0. The van der Waals surface area contributed by atoms with Gasteiger partial charge in [0.1, 0.15) is 5.54 Å². The number of nitrogens with two attached hydrogens (primary N) is 1. The second-order valence-electron chi connectivity index (χ2n) is 5.80. The van der Waals surface area contributed by atoms with E-state index in [1.807, 2.05) is 0 Å². The highest BCUT2D eigenvalue weighted by Crippen LogP contribution is 2.31. The lowest BCUT2D eigenvalue weighted by molar-refractivity contribution is -0.148. The smallest absolute Gasteiger partial charge is 0.329 e. The minimum Gasteiger partial charge on any atom is -0.480 e. The molecule has 1 aliphatic carbocycles. The van der Waals surface area contributed by atoms with Crippen LogP contribution >= 0.6 is 0 Å². The number of hydrogen-bond acceptors (Lipinski definition) is 3. The minimum absolute atomic E-state index is 0.333. The van der Waals surface area contributed by atoms with Gasteiger partial charge in [-0.1, -0.05) is 26.7 Å². The van der Waals surface area contributed by atoms with Crippen molar-refractivity contribution in [1.29, 1.82) is 0 Å². The molecule has 5 nitrogen and oxygen atoms in total. The van der Waals surface area contributed by atoms with Crippen LogP contribution < -0.4 is 11.1 Å². The van der Waals surface area contributed by atoms with E-state index in [0.717, 1.165) is 12.8 Å². The largest absolute Gasteiger partial charge is 0.480 e. The van der Waals surface area contributed by atoms with Crippen molar-refractivity contribution in [1.82, 2.24) is 5.32 Å². The third-order valence-corrected chi connectivity index (χ3v) is 4.05. The fourth-order valence-corrected chi connectivity index (χ4v) is 2.47. The van der Waals surface area contributed by atoms with Gasteiger partial charge in [0.15, 0.2) is 0 Å². The summed E-state index contributed by atoms with van der Waals surface area (Å²) in [7, 11) is 0. The number of carboxylic acids is 1.